The van der Waals surface area contributed by atoms with Crippen molar-refractivity contribution in [1.82, 2.24) is 19.1 Å². The average molecular weight is 503 g/mol. The van der Waals surface area contributed by atoms with Crippen LogP contribution in [0.1, 0.15) is 11.1 Å². The number of para-hydroxylation sites is 4. The van der Waals surface area contributed by atoms with E-state index in [4.69, 9.17) is 9.97 Å². The smallest absolute Gasteiger partial charge is 0.151 e. The van der Waals surface area contributed by atoms with E-state index in [9.17, 15) is 0 Å². The summed E-state index contributed by atoms with van der Waals surface area (Å²) in [4.78, 5) is 12.3. The molecule has 7 rings (SSSR count). The van der Waals surface area contributed by atoms with Crippen molar-refractivity contribution >= 4 is 44.7 Å². The SMILES string of the molecule is c1cc(Cn2c(-c3cccs3)nc3ccccc32)cc(Cn2c(-c3cccs3)nc3ccccc32)c1. The molecule has 3 aromatic carbocycles. The van der Waals surface area contributed by atoms with Crippen LogP contribution in [0.3, 0.4) is 0 Å². The Kier molecular flexibility index (Phi) is 5.26. The van der Waals surface area contributed by atoms with Crippen molar-refractivity contribution in [2.75, 3.05) is 0 Å². The first kappa shape index (κ1) is 21.3. The van der Waals surface area contributed by atoms with E-state index in [0.717, 1.165) is 46.8 Å². The standard InChI is InChI=1S/C30H22N4S2/c1-3-12-25-23(10-1)31-29(27-14-6-16-35-27)33(25)19-21-8-5-9-22(18-21)20-34-26-13-4-2-11-24(26)32-30(34)28-15-7-17-36-28/h1-18H,19-20H2. The quantitative estimate of drug-likeness (QED) is 0.231. The Hall–Kier alpha value is -4.00. The van der Waals surface area contributed by atoms with Crippen LogP contribution in [0.2, 0.25) is 0 Å². The average Bonchev–Trinajstić information content (AvgIpc) is 3.71. The molecule has 0 unspecified atom stereocenters. The molecule has 0 saturated carbocycles. The fourth-order valence-electron chi connectivity index (χ4n) is 4.85. The summed E-state index contributed by atoms with van der Waals surface area (Å²) in [7, 11) is 0. The van der Waals surface area contributed by atoms with Gasteiger partial charge in [0.15, 0.2) is 11.6 Å². The van der Waals surface area contributed by atoms with E-state index >= 15 is 0 Å². The number of thiophene rings is 2. The molecular formula is C30H22N4S2. The number of imidazole rings is 2. The highest BCUT2D eigenvalue weighted by Gasteiger charge is 2.16. The zero-order valence-electron chi connectivity index (χ0n) is 19.4. The molecule has 36 heavy (non-hydrogen) atoms. The monoisotopic (exact) mass is 502 g/mol. The second kappa shape index (κ2) is 8.90. The van der Waals surface area contributed by atoms with Crippen molar-refractivity contribution in [2.24, 2.45) is 0 Å². The summed E-state index contributed by atoms with van der Waals surface area (Å²) in [6.45, 7) is 1.54. The molecule has 0 radical (unpaired) electrons. The van der Waals surface area contributed by atoms with E-state index in [1.807, 2.05) is 0 Å². The first-order valence-electron chi connectivity index (χ1n) is 11.9. The number of fused-ring (bicyclic) bond motifs is 2. The molecule has 4 aromatic heterocycles. The molecule has 7 aromatic rings. The van der Waals surface area contributed by atoms with Gasteiger partial charge in [0.1, 0.15) is 0 Å². The van der Waals surface area contributed by atoms with Crippen molar-refractivity contribution in [2.45, 2.75) is 13.1 Å². The number of hydrogen-bond acceptors (Lipinski definition) is 4. The van der Waals surface area contributed by atoms with Crippen LogP contribution in [0.15, 0.2) is 108 Å². The molecular weight excluding hydrogens is 480 g/mol. The van der Waals surface area contributed by atoms with Gasteiger partial charge in [-0.05, 0) is 58.3 Å². The minimum Gasteiger partial charge on any atom is -0.319 e. The first-order chi connectivity index (χ1) is 17.8. The lowest BCUT2D eigenvalue weighted by Gasteiger charge is -2.12. The van der Waals surface area contributed by atoms with Crippen molar-refractivity contribution in [1.29, 1.82) is 0 Å². The Bertz CT molecular complexity index is 1660. The Morgan fingerprint density at radius 2 is 1.03 bits per heavy atom. The highest BCUT2D eigenvalue weighted by atomic mass is 32.1. The summed E-state index contributed by atoms with van der Waals surface area (Å²) in [6, 6.07) is 34.2. The lowest BCUT2D eigenvalue weighted by atomic mass is 10.1. The van der Waals surface area contributed by atoms with Crippen LogP contribution in [0.4, 0.5) is 0 Å². The maximum absolute atomic E-state index is 4.97. The van der Waals surface area contributed by atoms with E-state index in [1.165, 1.54) is 20.9 Å². The predicted octanol–water partition coefficient (Wildman–Crippen LogP) is 7.94. The van der Waals surface area contributed by atoms with Gasteiger partial charge in [0, 0.05) is 13.1 Å². The van der Waals surface area contributed by atoms with Crippen LogP contribution in [-0.4, -0.2) is 19.1 Å². The molecule has 6 heteroatoms. The molecule has 174 valence electrons. The number of nitrogens with zero attached hydrogens (tertiary/aromatic N) is 4. The van der Waals surface area contributed by atoms with E-state index < -0.39 is 0 Å². The molecule has 0 aliphatic heterocycles. The second-order valence-electron chi connectivity index (χ2n) is 8.80. The van der Waals surface area contributed by atoms with Crippen LogP contribution in [0.5, 0.6) is 0 Å². The number of benzene rings is 3. The molecule has 0 spiro atoms. The summed E-state index contributed by atoms with van der Waals surface area (Å²) in [5, 5.41) is 4.22. The van der Waals surface area contributed by atoms with E-state index in [2.05, 4.69) is 117 Å². The lowest BCUT2D eigenvalue weighted by Crippen LogP contribution is -2.05. The van der Waals surface area contributed by atoms with Gasteiger partial charge in [-0.1, -0.05) is 60.7 Å². The van der Waals surface area contributed by atoms with Crippen molar-refractivity contribution in [3.63, 3.8) is 0 Å². The molecule has 0 N–H and O–H groups in total. The van der Waals surface area contributed by atoms with Gasteiger partial charge in [-0.25, -0.2) is 9.97 Å². The van der Waals surface area contributed by atoms with E-state index in [-0.39, 0.29) is 0 Å². The van der Waals surface area contributed by atoms with Crippen LogP contribution < -0.4 is 0 Å². The third-order valence-corrected chi connectivity index (χ3v) is 8.20. The summed E-state index contributed by atoms with van der Waals surface area (Å²) in [5.74, 6) is 2.05. The summed E-state index contributed by atoms with van der Waals surface area (Å²) in [5.41, 5.74) is 6.90. The van der Waals surface area contributed by atoms with E-state index in [1.54, 1.807) is 22.7 Å². The summed E-state index contributed by atoms with van der Waals surface area (Å²) >= 11 is 3.46. The van der Waals surface area contributed by atoms with Gasteiger partial charge >= 0.3 is 0 Å². The van der Waals surface area contributed by atoms with Gasteiger partial charge in [0.2, 0.25) is 0 Å². The van der Waals surface area contributed by atoms with E-state index in [0.29, 0.717) is 0 Å². The highest BCUT2D eigenvalue weighted by molar-refractivity contribution is 7.13. The predicted molar refractivity (Wildman–Crippen MR) is 151 cm³/mol. The highest BCUT2D eigenvalue weighted by Crippen LogP contribution is 2.31. The van der Waals surface area contributed by atoms with Gasteiger partial charge < -0.3 is 9.13 Å². The molecule has 0 bridgehead atoms. The summed E-state index contributed by atoms with van der Waals surface area (Å²) < 4.78 is 4.67. The van der Waals surface area contributed by atoms with Gasteiger partial charge in [-0.15, -0.1) is 22.7 Å². The van der Waals surface area contributed by atoms with Crippen LogP contribution in [0.25, 0.3) is 43.5 Å². The lowest BCUT2D eigenvalue weighted by molar-refractivity contribution is 0.814. The zero-order valence-corrected chi connectivity index (χ0v) is 21.0. The van der Waals surface area contributed by atoms with Crippen molar-refractivity contribution in [3.05, 3.63) is 119 Å². The number of hydrogen-bond donors (Lipinski definition) is 0. The Morgan fingerprint density at radius 3 is 1.50 bits per heavy atom. The van der Waals surface area contributed by atoms with Gasteiger partial charge in [-0.3, -0.25) is 0 Å². The Morgan fingerprint density at radius 1 is 0.528 bits per heavy atom. The minimum absolute atomic E-state index is 0.768. The number of aromatic nitrogens is 4. The second-order valence-corrected chi connectivity index (χ2v) is 10.7. The molecule has 4 nitrogen and oxygen atoms in total. The van der Waals surface area contributed by atoms with Crippen LogP contribution in [-0.2, 0) is 13.1 Å². The molecule has 0 atom stereocenters. The maximum Gasteiger partial charge on any atom is 0.151 e. The molecule has 0 saturated heterocycles. The zero-order chi connectivity index (χ0) is 23.9. The van der Waals surface area contributed by atoms with Gasteiger partial charge in [-0.2, -0.15) is 0 Å². The largest absolute Gasteiger partial charge is 0.319 e. The Labute approximate surface area is 216 Å². The fraction of sp³-hybridized carbons (Fsp3) is 0.0667. The molecule has 4 heterocycles. The Balaban J connectivity index is 1.28. The maximum atomic E-state index is 4.97. The molecule has 0 fully saturated rings. The molecule has 0 amide bonds. The number of rotatable bonds is 6. The normalized spacial score (nSPS) is 11.6. The third kappa shape index (κ3) is 3.75. The third-order valence-electron chi connectivity index (χ3n) is 6.46. The first-order valence-corrected chi connectivity index (χ1v) is 13.7. The topological polar surface area (TPSA) is 35.6 Å². The van der Waals surface area contributed by atoms with Gasteiger partial charge in [0.05, 0.1) is 31.8 Å². The summed E-state index contributed by atoms with van der Waals surface area (Å²) in [6.07, 6.45) is 0. The van der Waals surface area contributed by atoms with Crippen LogP contribution >= 0.6 is 22.7 Å². The van der Waals surface area contributed by atoms with Crippen molar-refractivity contribution in [3.8, 4) is 21.4 Å². The van der Waals surface area contributed by atoms with Crippen LogP contribution in [0, 0.1) is 0 Å². The minimum atomic E-state index is 0.768. The van der Waals surface area contributed by atoms with Gasteiger partial charge in [0.25, 0.3) is 0 Å². The molecule has 0 aliphatic rings. The fourth-order valence-corrected chi connectivity index (χ4v) is 6.29. The van der Waals surface area contributed by atoms with Crippen molar-refractivity contribution < 1.29 is 0 Å². The molecule has 0 aliphatic carbocycles.